The highest BCUT2D eigenvalue weighted by Crippen LogP contribution is 2.27. The van der Waals surface area contributed by atoms with Gasteiger partial charge in [-0.3, -0.25) is 14.6 Å². The lowest BCUT2D eigenvalue weighted by Crippen LogP contribution is -2.45. The number of rotatable bonds is 11. The second-order valence-corrected chi connectivity index (χ2v) is 8.92. The van der Waals surface area contributed by atoms with Crippen molar-refractivity contribution in [3.8, 4) is 16.9 Å². The zero-order valence-corrected chi connectivity index (χ0v) is 20.9. The van der Waals surface area contributed by atoms with Crippen LogP contribution in [-0.4, -0.2) is 39.2 Å². The Bertz CT molecular complexity index is 1360. The number of carbonyl (C=O) groups is 2. The summed E-state index contributed by atoms with van der Waals surface area (Å²) in [6.07, 6.45) is 4.54. The third-order valence-electron chi connectivity index (χ3n) is 5.74. The molecule has 2 aromatic heterocycles. The Morgan fingerprint density at radius 2 is 1.86 bits per heavy atom. The average molecular weight is 518 g/mol. The Morgan fingerprint density at radius 3 is 2.57 bits per heavy atom. The Morgan fingerprint density at radius 1 is 1.05 bits per heavy atom. The molecule has 0 saturated heterocycles. The van der Waals surface area contributed by atoms with Crippen molar-refractivity contribution in [3.63, 3.8) is 0 Å². The highest BCUT2D eigenvalue weighted by Gasteiger charge is 2.18. The Hall–Kier alpha value is -4.37. The summed E-state index contributed by atoms with van der Waals surface area (Å²) in [4.78, 5) is 28.5. The molecule has 0 aliphatic heterocycles. The van der Waals surface area contributed by atoms with Crippen LogP contribution in [0.3, 0.4) is 0 Å². The highest BCUT2D eigenvalue weighted by atomic mass is 35.5. The summed E-state index contributed by atoms with van der Waals surface area (Å²) in [5.41, 5.74) is 15.1. The molecule has 0 fully saturated rings. The number of benzene rings is 2. The number of hydrogen-bond acceptors (Lipinski definition) is 6. The highest BCUT2D eigenvalue weighted by molar-refractivity contribution is 6.33. The minimum absolute atomic E-state index is 0.225. The minimum Gasteiger partial charge on any atom is -0.398 e. The summed E-state index contributed by atoms with van der Waals surface area (Å²) in [5.74, 6) is -0.0834. The molecule has 10 heteroatoms. The van der Waals surface area contributed by atoms with E-state index in [4.69, 9.17) is 28.2 Å². The van der Waals surface area contributed by atoms with Gasteiger partial charge in [-0.05, 0) is 42.3 Å². The van der Waals surface area contributed by atoms with Crippen LogP contribution in [0, 0.1) is 0 Å². The lowest BCUT2D eigenvalue weighted by Gasteiger charge is -2.16. The van der Waals surface area contributed by atoms with Crippen LogP contribution in [0.4, 0.5) is 11.5 Å². The third-order valence-corrected chi connectivity index (χ3v) is 6.07. The van der Waals surface area contributed by atoms with E-state index in [0.717, 1.165) is 28.3 Å². The fourth-order valence-electron chi connectivity index (χ4n) is 3.81. The first-order chi connectivity index (χ1) is 17.9. The maximum absolute atomic E-state index is 12.5. The van der Waals surface area contributed by atoms with Gasteiger partial charge in [0.25, 0.3) is 0 Å². The van der Waals surface area contributed by atoms with Gasteiger partial charge in [0.05, 0.1) is 22.1 Å². The average Bonchev–Trinajstić information content (AvgIpc) is 3.33. The molecule has 0 aliphatic carbocycles. The number of hydrogen-bond donors (Lipinski definition) is 4. The van der Waals surface area contributed by atoms with Crippen LogP contribution in [0.25, 0.3) is 16.9 Å². The van der Waals surface area contributed by atoms with Gasteiger partial charge in [0, 0.05) is 43.4 Å². The van der Waals surface area contributed by atoms with E-state index in [1.807, 2.05) is 54.6 Å². The molecule has 0 aliphatic rings. The zero-order chi connectivity index (χ0) is 26.2. The van der Waals surface area contributed by atoms with Gasteiger partial charge in [-0.25, -0.2) is 4.68 Å². The summed E-state index contributed by atoms with van der Waals surface area (Å²) in [6.45, 7) is 0.494. The lowest BCUT2D eigenvalue weighted by atomic mass is 10.1. The van der Waals surface area contributed by atoms with Crippen LogP contribution in [-0.2, 0) is 16.0 Å². The molecule has 190 valence electrons. The molecule has 0 bridgehead atoms. The largest absolute Gasteiger partial charge is 0.398 e. The van der Waals surface area contributed by atoms with Crippen molar-refractivity contribution >= 4 is 34.9 Å². The Balaban J connectivity index is 1.40. The number of carbonyl (C=O) groups excluding carboxylic acids is 2. The molecule has 0 spiro atoms. The van der Waals surface area contributed by atoms with Crippen LogP contribution in [0.5, 0.6) is 0 Å². The first-order valence-corrected chi connectivity index (χ1v) is 12.2. The summed E-state index contributed by atoms with van der Waals surface area (Å²) in [5, 5.41) is 11.2. The van der Waals surface area contributed by atoms with Crippen molar-refractivity contribution in [1.82, 2.24) is 20.1 Å². The van der Waals surface area contributed by atoms with E-state index in [1.165, 1.54) is 0 Å². The van der Waals surface area contributed by atoms with Crippen LogP contribution in [0.15, 0.2) is 79.1 Å². The molecule has 0 unspecified atom stereocenters. The fourth-order valence-corrected chi connectivity index (χ4v) is 3.99. The molecule has 2 heterocycles. The van der Waals surface area contributed by atoms with Gasteiger partial charge in [0.2, 0.25) is 11.8 Å². The number of nitrogen functional groups attached to an aromatic ring is 1. The van der Waals surface area contributed by atoms with Crippen LogP contribution < -0.4 is 22.1 Å². The smallest absolute Gasteiger partial charge is 0.240 e. The molecule has 9 nitrogen and oxygen atoms in total. The number of nitrogens with zero attached hydrogens (tertiary/aromatic N) is 3. The van der Waals surface area contributed by atoms with Gasteiger partial charge in [-0.1, -0.05) is 41.9 Å². The van der Waals surface area contributed by atoms with Crippen LogP contribution in [0.1, 0.15) is 18.4 Å². The normalized spacial score (nSPS) is 11.6. The number of amides is 2. The van der Waals surface area contributed by atoms with E-state index in [-0.39, 0.29) is 12.3 Å². The molecule has 0 saturated carbocycles. The molecule has 2 aromatic carbocycles. The van der Waals surface area contributed by atoms with E-state index >= 15 is 0 Å². The summed E-state index contributed by atoms with van der Waals surface area (Å²) < 4.78 is 1.73. The monoisotopic (exact) mass is 517 g/mol. The number of pyridine rings is 1. The van der Waals surface area contributed by atoms with Gasteiger partial charge in [0.15, 0.2) is 0 Å². The van der Waals surface area contributed by atoms with Gasteiger partial charge in [-0.15, -0.1) is 0 Å². The van der Waals surface area contributed by atoms with E-state index in [1.54, 1.807) is 29.2 Å². The zero-order valence-electron chi connectivity index (χ0n) is 20.1. The topological polar surface area (TPSA) is 141 Å². The molecule has 2 amide bonds. The third kappa shape index (κ3) is 6.86. The Kier molecular flexibility index (Phi) is 8.37. The molecular formula is C27H28ClN7O2. The van der Waals surface area contributed by atoms with Crippen molar-refractivity contribution in [2.75, 3.05) is 17.6 Å². The first kappa shape index (κ1) is 25.7. The summed E-state index contributed by atoms with van der Waals surface area (Å²) >= 11 is 6.24. The van der Waals surface area contributed by atoms with E-state index in [0.29, 0.717) is 30.1 Å². The second-order valence-electron chi connectivity index (χ2n) is 8.52. The predicted octanol–water partition coefficient (Wildman–Crippen LogP) is 3.57. The maximum Gasteiger partial charge on any atom is 0.240 e. The number of nitrogens with two attached hydrogens (primary N) is 2. The number of nitrogens with one attached hydrogen (secondary N) is 2. The molecule has 1 atom stereocenters. The van der Waals surface area contributed by atoms with Crippen LogP contribution in [0.2, 0.25) is 5.02 Å². The standard InChI is InChI=1S/C27H28ClN7O2/c28-21-15-20(10-11-22(21)29)35-25(16-23(34-35)19-8-4-12-31-17-19)32-13-5-9-26(36)33-24(27(30)37)14-18-6-2-1-3-7-18/h1-4,6-8,10-12,15-17,24,32H,5,9,13-14,29H2,(H2,30,37)(H,33,36)/t24-/m0/s1. The molecule has 0 radical (unpaired) electrons. The molecule has 4 aromatic rings. The lowest BCUT2D eigenvalue weighted by molar-refractivity contribution is -0.127. The van der Waals surface area contributed by atoms with Crippen molar-refractivity contribution in [2.24, 2.45) is 5.73 Å². The molecule has 37 heavy (non-hydrogen) atoms. The van der Waals surface area contributed by atoms with Gasteiger partial charge in [0.1, 0.15) is 11.9 Å². The van der Waals surface area contributed by atoms with E-state index in [9.17, 15) is 9.59 Å². The predicted molar refractivity (Wildman–Crippen MR) is 145 cm³/mol. The fraction of sp³-hybridized carbons (Fsp3) is 0.185. The molecule has 6 N–H and O–H groups in total. The van der Waals surface area contributed by atoms with Gasteiger partial charge < -0.3 is 22.1 Å². The molecule has 4 rings (SSSR count). The second kappa shape index (κ2) is 12.0. The summed E-state index contributed by atoms with van der Waals surface area (Å²) in [7, 11) is 0. The SMILES string of the molecule is NC(=O)[C@H](Cc1ccccc1)NC(=O)CCCNc1cc(-c2cccnc2)nn1-c1ccc(N)c(Cl)c1. The van der Waals surface area contributed by atoms with Crippen LogP contribution >= 0.6 is 11.6 Å². The van der Waals surface area contributed by atoms with E-state index < -0.39 is 11.9 Å². The first-order valence-electron chi connectivity index (χ1n) is 11.8. The number of anilines is 2. The number of halogens is 1. The van der Waals surface area contributed by atoms with Crippen molar-refractivity contribution in [3.05, 3.63) is 89.7 Å². The quantitative estimate of drug-likeness (QED) is 0.177. The van der Waals surface area contributed by atoms with Crippen molar-refractivity contribution < 1.29 is 9.59 Å². The Labute approximate surface area is 219 Å². The minimum atomic E-state index is -0.762. The number of aromatic nitrogens is 3. The van der Waals surface area contributed by atoms with E-state index in [2.05, 4.69) is 15.6 Å². The number of primary amides is 1. The van der Waals surface area contributed by atoms with Gasteiger partial charge in [-0.2, -0.15) is 5.10 Å². The summed E-state index contributed by atoms with van der Waals surface area (Å²) in [6, 6.07) is 19.6. The van der Waals surface area contributed by atoms with Gasteiger partial charge >= 0.3 is 0 Å². The molecular weight excluding hydrogens is 490 g/mol. The maximum atomic E-state index is 12.5. The van der Waals surface area contributed by atoms with Crippen molar-refractivity contribution in [2.45, 2.75) is 25.3 Å². The van der Waals surface area contributed by atoms with Crippen molar-refractivity contribution in [1.29, 1.82) is 0 Å².